The minimum Gasteiger partial charge on any atom is -0.306 e. The van der Waals surface area contributed by atoms with Crippen LogP contribution in [-0.2, 0) is 19.3 Å². The highest BCUT2D eigenvalue weighted by Gasteiger charge is 2.38. The summed E-state index contributed by atoms with van der Waals surface area (Å²) in [7, 11) is 0. The minimum absolute atomic E-state index is 0.0448. The summed E-state index contributed by atoms with van der Waals surface area (Å²) in [5.41, 5.74) is 0.438. The Morgan fingerprint density at radius 1 is 1.10 bits per heavy atom. The van der Waals surface area contributed by atoms with E-state index in [2.05, 4.69) is 27.1 Å². The first kappa shape index (κ1) is 20.3. The second-order valence-corrected chi connectivity index (χ2v) is 7.04. The number of para-hydroxylation sites is 1. The van der Waals surface area contributed by atoms with Crippen molar-refractivity contribution in [3.05, 3.63) is 88.5 Å². The Balaban J connectivity index is 1.98. The SMILES string of the molecule is C=CCNCc1nnc2n1-c1c(cccc1C(F)(F)F)C(c1ccccc1Cl)=NC2. The van der Waals surface area contributed by atoms with Crippen LogP contribution in [0.25, 0.3) is 5.69 Å². The van der Waals surface area contributed by atoms with Gasteiger partial charge in [0.1, 0.15) is 6.54 Å². The van der Waals surface area contributed by atoms with Gasteiger partial charge in [-0.2, -0.15) is 13.2 Å². The average Bonchev–Trinajstić information content (AvgIpc) is 3.03. The van der Waals surface area contributed by atoms with Gasteiger partial charge in [0, 0.05) is 22.7 Å². The molecule has 2 heterocycles. The number of alkyl halides is 3. The maximum Gasteiger partial charge on any atom is 0.418 e. The normalized spacial score (nSPS) is 13.3. The van der Waals surface area contributed by atoms with Gasteiger partial charge < -0.3 is 5.32 Å². The lowest BCUT2D eigenvalue weighted by atomic mass is 9.97. The fourth-order valence-corrected chi connectivity index (χ4v) is 3.66. The molecule has 0 bridgehead atoms. The number of fused-ring (bicyclic) bond motifs is 3. The van der Waals surface area contributed by atoms with E-state index in [1.54, 1.807) is 36.4 Å². The molecule has 3 aromatic rings. The highest BCUT2D eigenvalue weighted by molar-refractivity contribution is 6.35. The third-order valence-corrected chi connectivity index (χ3v) is 5.03. The van der Waals surface area contributed by atoms with Crippen molar-refractivity contribution in [2.75, 3.05) is 6.54 Å². The molecule has 1 aliphatic heterocycles. The second-order valence-electron chi connectivity index (χ2n) is 6.63. The largest absolute Gasteiger partial charge is 0.418 e. The maximum absolute atomic E-state index is 14.0. The van der Waals surface area contributed by atoms with E-state index in [4.69, 9.17) is 11.6 Å². The molecular formula is C21H17ClF3N5. The molecule has 0 saturated carbocycles. The predicted molar refractivity (Wildman–Crippen MR) is 109 cm³/mol. The van der Waals surface area contributed by atoms with E-state index in [1.807, 2.05) is 0 Å². The van der Waals surface area contributed by atoms with Crippen LogP contribution in [0.1, 0.15) is 28.3 Å². The van der Waals surface area contributed by atoms with Gasteiger partial charge in [0.2, 0.25) is 0 Å². The van der Waals surface area contributed by atoms with Crippen molar-refractivity contribution in [2.24, 2.45) is 4.99 Å². The number of halogens is 4. The van der Waals surface area contributed by atoms with Gasteiger partial charge in [-0.15, -0.1) is 16.8 Å². The Morgan fingerprint density at radius 2 is 1.87 bits per heavy atom. The van der Waals surface area contributed by atoms with Crippen LogP contribution in [0, 0.1) is 0 Å². The van der Waals surface area contributed by atoms with Crippen molar-refractivity contribution in [3.8, 4) is 5.69 Å². The van der Waals surface area contributed by atoms with Crippen molar-refractivity contribution >= 4 is 17.3 Å². The summed E-state index contributed by atoms with van der Waals surface area (Å²) in [5.74, 6) is 0.686. The summed E-state index contributed by atoms with van der Waals surface area (Å²) in [6, 6.07) is 11.0. The molecule has 0 spiro atoms. The van der Waals surface area contributed by atoms with Gasteiger partial charge in [0.15, 0.2) is 11.6 Å². The number of hydrogen-bond acceptors (Lipinski definition) is 4. The minimum atomic E-state index is -4.57. The van der Waals surface area contributed by atoms with Crippen molar-refractivity contribution in [1.29, 1.82) is 0 Å². The van der Waals surface area contributed by atoms with Crippen molar-refractivity contribution < 1.29 is 13.2 Å². The van der Waals surface area contributed by atoms with Gasteiger partial charge in [-0.25, -0.2) is 0 Å². The summed E-state index contributed by atoms with van der Waals surface area (Å²) >= 11 is 6.35. The molecule has 0 saturated heterocycles. The molecule has 0 radical (unpaired) electrons. The number of nitrogens with zero attached hydrogens (tertiary/aromatic N) is 4. The lowest BCUT2D eigenvalue weighted by molar-refractivity contribution is -0.137. The van der Waals surface area contributed by atoms with Gasteiger partial charge in [0.05, 0.1) is 23.5 Å². The topological polar surface area (TPSA) is 55.1 Å². The first-order valence-electron chi connectivity index (χ1n) is 9.17. The van der Waals surface area contributed by atoms with Gasteiger partial charge in [0.25, 0.3) is 0 Å². The van der Waals surface area contributed by atoms with Crippen LogP contribution in [-0.4, -0.2) is 27.0 Å². The van der Waals surface area contributed by atoms with Crippen LogP contribution in [0.15, 0.2) is 60.1 Å². The van der Waals surface area contributed by atoms with Crippen LogP contribution in [0.2, 0.25) is 5.02 Å². The predicted octanol–water partition coefficient (Wildman–Crippen LogP) is 4.57. The molecule has 0 aliphatic carbocycles. The third kappa shape index (κ3) is 3.64. The highest BCUT2D eigenvalue weighted by atomic mass is 35.5. The molecule has 154 valence electrons. The van der Waals surface area contributed by atoms with E-state index in [0.29, 0.717) is 40.1 Å². The Morgan fingerprint density at radius 3 is 2.60 bits per heavy atom. The summed E-state index contributed by atoms with van der Waals surface area (Å²) in [6.07, 6.45) is -2.91. The molecule has 30 heavy (non-hydrogen) atoms. The van der Waals surface area contributed by atoms with Gasteiger partial charge >= 0.3 is 6.18 Å². The molecule has 0 unspecified atom stereocenters. The standard InChI is InChI=1S/C21H17ClF3N5/c1-2-10-26-11-17-28-29-18-12-27-19(13-6-3-4-9-16(13)22)14-7-5-8-15(21(23,24)25)20(14)30(17)18/h2-9,26H,1,10-12H2. The van der Waals surface area contributed by atoms with Crippen molar-refractivity contribution in [3.63, 3.8) is 0 Å². The Hall–Kier alpha value is -2.97. The number of aromatic nitrogens is 3. The van der Waals surface area contributed by atoms with Crippen molar-refractivity contribution in [2.45, 2.75) is 19.3 Å². The number of rotatable bonds is 5. The molecule has 5 nitrogen and oxygen atoms in total. The zero-order chi connectivity index (χ0) is 21.3. The zero-order valence-corrected chi connectivity index (χ0v) is 16.5. The molecule has 2 aromatic carbocycles. The number of hydrogen-bond donors (Lipinski definition) is 1. The monoisotopic (exact) mass is 431 g/mol. The summed E-state index contributed by atoms with van der Waals surface area (Å²) in [4.78, 5) is 4.57. The van der Waals surface area contributed by atoms with Crippen LogP contribution >= 0.6 is 11.6 Å². The van der Waals surface area contributed by atoms with Crippen LogP contribution < -0.4 is 5.32 Å². The first-order valence-corrected chi connectivity index (χ1v) is 9.54. The van der Waals surface area contributed by atoms with E-state index in [0.717, 1.165) is 6.07 Å². The molecule has 0 amide bonds. The molecule has 0 fully saturated rings. The van der Waals surface area contributed by atoms with E-state index in [9.17, 15) is 13.2 Å². The van der Waals surface area contributed by atoms with Gasteiger partial charge in [-0.1, -0.05) is 48.0 Å². The fraction of sp³-hybridized carbons (Fsp3) is 0.190. The van der Waals surface area contributed by atoms with E-state index < -0.39 is 11.7 Å². The molecule has 1 N–H and O–H groups in total. The number of aliphatic imine (C=N–C) groups is 1. The number of benzene rings is 2. The van der Waals surface area contributed by atoms with Crippen LogP contribution in [0.5, 0.6) is 0 Å². The van der Waals surface area contributed by atoms with E-state index in [1.165, 1.54) is 10.6 Å². The molecule has 4 rings (SSSR count). The molecular weight excluding hydrogens is 415 g/mol. The maximum atomic E-state index is 14.0. The van der Waals surface area contributed by atoms with Crippen LogP contribution in [0.3, 0.4) is 0 Å². The summed E-state index contributed by atoms with van der Waals surface area (Å²) in [5, 5.41) is 11.7. The third-order valence-electron chi connectivity index (χ3n) is 4.70. The Kier molecular flexibility index (Phi) is 5.44. The lowest BCUT2D eigenvalue weighted by Crippen LogP contribution is -2.20. The van der Waals surface area contributed by atoms with E-state index >= 15 is 0 Å². The van der Waals surface area contributed by atoms with Gasteiger partial charge in [-0.05, 0) is 12.1 Å². The first-order chi connectivity index (χ1) is 14.4. The quantitative estimate of drug-likeness (QED) is 0.475. The Labute approximate surface area is 175 Å². The molecule has 1 aromatic heterocycles. The zero-order valence-electron chi connectivity index (χ0n) is 15.7. The fourth-order valence-electron chi connectivity index (χ4n) is 3.44. The summed E-state index contributed by atoms with van der Waals surface area (Å²) in [6.45, 7) is 4.41. The summed E-state index contributed by atoms with van der Waals surface area (Å²) < 4.78 is 43.5. The van der Waals surface area contributed by atoms with Gasteiger partial charge in [-0.3, -0.25) is 9.56 Å². The average molecular weight is 432 g/mol. The Bertz CT molecular complexity index is 1130. The smallest absolute Gasteiger partial charge is 0.306 e. The van der Waals surface area contributed by atoms with E-state index in [-0.39, 0.29) is 18.8 Å². The van der Waals surface area contributed by atoms with Crippen molar-refractivity contribution in [1.82, 2.24) is 20.1 Å². The highest BCUT2D eigenvalue weighted by Crippen LogP contribution is 2.38. The lowest BCUT2D eigenvalue weighted by Gasteiger charge is -2.19. The molecule has 0 atom stereocenters. The molecule has 9 heteroatoms. The number of nitrogens with one attached hydrogen (secondary N) is 1. The van der Waals surface area contributed by atoms with Crippen LogP contribution in [0.4, 0.5) is 13.2 Å². The molecule has 1 aliphatic rings. The second kappa shape index (κ2) is 8.04.